The van der Waals surface area contributed by atoms with Crippen molar-refractivity contribution in [3.8, 4) is 0 Å². The van der Waals surface area contributed by atoms with Crippen LogP contribution < -0.4 is 0 Å². The number of nitrogens with zero attached hydrogens (tertiary/aromatic N) is 2. The fourth-order valence-electron chi connectivity index (χ4n) is 2.83. The van der Waals surface area contributed by atoms with E-state index < -0.39 is 22.5 Å². The highest BCUT2D eigenvalue weighted by Gasteiger charge is 2.27. The second kappa shape index (κ2) is 8.75. The van der Waals surface area contributed by atoms with Gasteiger partial charge in [-0.2, -0.15) is 4.31 Å². The number of benzene rings is 1. The van der Waals surface area contributed by atoms with Crippen LogP contribution in [0.3, 0.4) is 0 Å². The maximum absolute atomic E-state index is 11.8. The molecular weight excluding hydrogens is 344 g/mol. The highest BCUT2D eigenvalue weighted by Crippen LogP contribution is 2.11. The van der Waals surface area contributed by atoms with Gasteiger partial charge in [-0.25, -0.2) is 8.42 Å². The number of aliphatic carboxylic acids is 1. The summed E-state index contributed by atoms with van der Waals surface area (Å²) in [5.74, 6) is -1.17. The molecule has 1 aliphatic rings. The first kappa shape index (κ1) is 19.8. The van der Waals surface area contributed by atoms with E-state index in [0.717, 1.165) is 30.1 Å². The second-order valence-corrected chi connectivity index (χ2v) is 8.46. The molecule has 1 N–H and O–H groups in total. The summed E-state index contributed by atoms with van der Waals surface area (Å²) in [6.45, 7) is 4.34. The fourth-order valence-corrected chi connectivity index (χ4v) is 3.61. The Morgan fingerprint density at radius 1 is 1.36 bits per heavy atom. The Labute approximate surface area is 149 Å². The van der Waals surface area contributed by atoms with Gasteiger partial charge in [-0.15, -0.1) is 0 Å². The minimum absolute atomic E-state index is 0.0617. The smallest absolute Gasteiger partial charge is 0.318 e. The lowest BCUT2D eigenvalue weighted by molar-refractivity contribution is -0.137. The van der Waals surface area contributed by atoms with Crippen LogP contribution in [-0.4, -0.2) is 80.4 Å². The molecule has 0 radical (unpaired) electrons. The lowest BCUT2D eigenvalue weighted by atomic mass is 10.1. The first-order valence-corrected chi connectivity index (χ1v) is 10.2. The van der Waals surface area contributed by atoms with Crippen molar-refractivity contribution in [3.63, 3.8) is 0 Å². The van der Waals surface area contributed by atoms with Gasteiger partial charge in [-0.05, 0) is 18.9 Å². The minimum atomic E-state index is -3.58. The Bertz CT molecular complexity index is 675. The van der Waals surface area contributed by atoms with Crippen molar-refractivity contribution in [2.24, 2.45) is 0 Å². The molecule has 2 rings (SSSR count). The predicted molar refractivity (Wildman–Crippen MR) is 95.1 cm³/mol. The molecule has 1 saturated heterocycles. The van der Waals surface area contributed by atoms with Crippen LogP contribution in [0.4, 0.5) is 0 Å². The normalized spacial score (nSPS) is 19.2. The number of carboxylic acid groups (broad SMARTS) is 1. The Morgan fingerprint density at radius 2 is 2.04 bits per heavy atom. The molecule has 1 aromatic rings. The summed E-state index contributed by atoms with van der Waals surface area (Å²) in [5, 5.41) is 8.90. The van der Waals surface area contributed by atoms with Gasteiger partial charge in [0.2, 0.25) is 10.0 Å². The average molecular weight is 370 g/mol. The van der Waals surface area contributed by atoms with Gasteiger partial charge in [0.05, 0.1) is 19.0 Å². The molecule has 1 aromatic carbocycles. The van der Waals surface area contributed by atoms with Gasteiger partial charge in [-0.3, -0.25) is 9.69 Å². The average Bonchev–Trinajstić information content (AvgIpc) is 2.53. The molecule has 1 atom stereocenters. The van der Waals surface area contributed by atoms with Crippen LogP contribution in [0.1, 0.15) is 11.1 Å². The van der Waals surface area contributed by atoms with E-state index in [2.05, 4.69) is 36.1 Å². The van der Waals surface area contributed by atoms with E-state index in [1.54, 1.807) is 0 Å². The Morgan fingerprint density at radius 3 is 2.64 bits per heavy atom. The Kier molecular flexibility index (Phi) is 6.95. The quantitative estimate of drug-likeness (QED) is 0.720. The molecule has 0 spiro atoms. The largest absolute Gasteiger partial charge is 0.480 e. The third-order valence-corrected chi connectivity index (χ3v) is 5.46. The van der Waals surface area contributed by atoms with Gasteiger partial charge in [0, 0.05) is 26.2 Å². The van der Waals surface area contributed by atoms with Gasteiger partial charge in [-0.1, -0.05) is 29.8 Å². The molecule has 0 aromatic heterocycles. The van der Waals surface area contributed by atoms with E-state index in [4.69, 9.17) is 9.84 Å². The summed E-state index contributed by atoms with van der Waals surface area (Å²) < 4.78 is 30.1. The standard InChI is InChI=1S/C17H26N2O5S/c1-14-3-5-15(6-4-14)7-8-18-9-10-24-16(11-18)12-19(13-17(20)21)25(2,22)23/h3-6,16H,7-13H2,1-2H3,(H,20,21). The molecule has 7 nitrogen and oxygen atoms in total. The predicted octanol–water partition coefficient (Wildman–Crippen LogP) is 0.585. The van der Waals surface area contributed by atoms with E-state index >= 15 is 0 Å². The van der Waals surface area contributed by atoms with Crippen molar-refractivity contribution in [1.29, 1.82) is 0 Å². The Balaban J connectivity index is 1.88. The van der Waals surface area contributed by atoms with Crippen LogP contribution in [0, 0.1) is 6.92 Å². The van der Waals surface area contributed by atoms with Crippen molar-refractivity contribution < 1.29 is 23.1 Å². The summed E-state index contributed by atoms with van der Waals surface area (Å²) in [6, 6.07) is 8.41. The van der Waals surface area contributed by atoms with Crippen molar-refractivity contribution in [2.45, 2.75) is 19.4 Å². The van der Waals surface area contributed by atoms with E-state index in [1.165, 1.54) is 11.1 Å². The second-order valence-electron chi connectivity index (χ2n) is 6.48. The zero-order valence-corrected chi connectivity index (χ0v) is 15.5. The topological polar surface area (TPSA) is 87.2 Å². The highest BCUT2D eigenvalue weighted by atomic mass is 32.2. The highest BCUT2D eigenvalue weighted by molar-refractivity contribution is 7.88. The first-order chi connectivity index (χ1) is 11.7. The molecule has 25 heavy (non-hydrogen) atoms. The number of hydrogen-bond acceptors (Lipinski definition) is 5. The molecule has 0 saturated carbocycles. The molecular formula is C17H26N2O5S. The van der Waals surface area contributed by atoms with Crippen LogP contribution >= 0.6 is 0 Å². The van der Waals surface area contributed by atoms with Gasteiger partial charge >= 0.3 is 5.97 Å². The Hall–Kier alpha value is -1.48. The summed E-state index contributed by atoms with van der Waals surface area (Å²) in [6.07, 6.45) is 1.62. The lowest BCUT2D eigenvalue weighted by Gasteiger charge is -2.34. The maximum Gasteiger partial charge on any atom is 0.318 e. The van der Waals surface area contributed by atoms with Crippen molar-refractivity contribution in [3.05, 3.63) is 35.4 Å². The van der Waals surface area contributed by atoms with Gasteiger partial charge in [0.1, 0.15) is 6.54 Å². The SMILES string of the molecule is Cc1ccc(CCN2CCOC(CN(CC(=O)O)S(C)(=O)=O)C2)cc1. The van der Waals surface area contributed by atoms with Crippen LogP contribution in [0.25, 0.3) is 0 Å². The van der Waals surface area contributed by atoms with E-state index in [1.807, 2.05) is 0 Å². The van der Waals surface area contributed by atoms with Crippen molar-refractivity contribution in [2.75, 3.05) is 45.6 Å². The third kappa shape index (κ3) is 6.74. The molecule has 140 valence electrons. The molecule has 1 heterocycles. The zero-order valence-electron chi connectivity index (χ0n) is 14.7. The number of ether oxygens (including phenoxy) is 1. The molecule has 0 amide bonds. The fraction of sp³-hybridized carbons (Fsp3) is 0.588. The number of hydrogen-bond donors (Lipinski definition) is 1. The summed E-state index contributed by atoms with van der Waals surface area (Å²) in [4.78, 5) is 13.1. The van der Waals surface area contributed by atoms with Crippen molar-refractivity contribution in [1.82, 2.24) is 9.21 Å². The van der Waals surface area contributed by atoms with Crippen LogP contribution in [-0.2, 0) is 26.0 Å². The number of carboxylic acids is 1. The van der Waals surface area contributed by atoms with Gasteiger partial charge in [0.15, 0.2) is 0 Å². The number of sulfonamides is 1. The summed E-state index contributed by atoms with van der Waals surface area (Å²) in [7, 11) is -3.58. The van der Waals surface area contributed by atoms with Crippen LogP contribution in [0.5, 0.6) is 0 Å². The van der Waals surface area contributed by atoms with Gasteiger partial charge < -0.3 is 9.84 Å². The third-order valence-electron chi connectivity index (χ3n) is 4.25. The maximum atomic E-state index is 11.8. The number of carbonyl (C=O) groups is 1. The molecule has 1 aliphatic heterocycles. The van der Waals surface area contributed by atoms with Crippen molar-refractivity contribution >= 4 is 16.0 Å². The summed E-state index contributed by atoms with van der Waals surface area (Å²) >= 11 is 0. The number of rotatable bonds is 8. The molecule has 1 fully saturated rings. The van der Waals surface area contributed by atoms with E-state index in [0.29, 0.717) is 13.2 Å². The number of morpholine rings is 1. The molecule has 0 aliphatic carbocycles. The van der Waals surface area contributed by atoms with Gasteiger partial charge in [0.25, 0.3) is 0 Å². The van der Waals surface area contributed by atoms with E-state index in [-0.39, 0.29) is 12.6 Å². The lowest BCUT2D eigenvalue weighted by Crippen LogP contribution is -2.49. The monoisotopic (exact) mass is 370 g/mol. The molecule has 1 unspecified atom stereocenters. The summed E-state index contributed by atoms with van der Waals surface area (Å²) in [5.41, 5.74) is 2.49. The minimum Gasteiger partial charge on any atom is -0.480 e. The van der Waals surface area contributed by atoms with Crippen LogP contribution in [0.2, 0.25) is 0 Å². The zero-order chi connectivity index (χ0) is 18.4. The van der Waals surface area contributed by atoms with Crippen LogP contribution in [0.15, 0.2) is 24.3 Å². The molecule has 8 heteroatoms. The first-order valence-electron chi connectivity index (χ1n) is 8.30. The number of aryl methyl sites for hydroxylation is 1. The van der Waals surface area contributed by atoms with E-state index in [9.17, 15) is 13.2 Å². The molecule has 0 bridgehead atoms.